The second-order valence-electron chi connectivity index (χ2n) is 16.7. The van der Waals surface area contributed by atoms with Crippen LogP contribution < -0.4 is 15.4 Å². The first-order valence-electron chi connectivity index (χ1n) is 21.2. The topological polar surface area (TPSA) is 562 Å². The average Bonchev–Trinajstić information content (AvgIpc) is 3.27. The lowest BCUT2D eigenvalue weighted by atomic mass is 9.94. The number of nitrogens with one attached hydrogen (secondary N) is 2. The fraction of sp³-hybridized carbons (Fsp3) is 0.714. The minimum atomic E-state index is -5.91. The van der Waals surface area contributed by atoms with Gasteiger partial charge in [0.25, 0.3) is 0 Å². The molecule has 8 unspecified atom stereocenters. The summed E-state index contributed by atoms with van der Waals surface area (Å²) < 4.78 is 195. The molecular weight excluding hydrogens is 1140 g/mol. The van der Waals surface area contributed by atoms with Crippen molar-refractivity contribution in [1.29, 1.82) is 0 Å². The van der Waals surface area contributed by atoms with Crippen molar-refractivity contribution in [2.24, 2.45) is 0 Å². The summed E-state index contributed by atoms with van der Waals surface area (Å²) in [4.78, 5) is 50.3. The van der Waals surface area contributed by atoms with Crippen LogP contribution in [0.2, 0.25) is 0 Å². The van der Waals surface area contributed by atoms with Crippen molar-refractivity contribution >= 4 is 65.3 Å². The van der Waals surface area contributed by atoms with E-state index in [1.54, 1.807) is 6.92 Å². The van der Waals surface area contributed by atoms with Gasteiger partial charge in [-0.05, 0) is 19.1 Å². The van der Waals surface area contributed by atoms with Crippen LogP contribution >= 0.6 is 0 Å². The summed E-state index contributed by atoms with van der Waals surface area (Å²) >= 11 is 0. The minimum absolute atomic E-state index is 0.140. The van der Waals surface area contributed by atoms with Crippen molar-refractivity contribution < 1.29 is 161 Å². The number of carbonyl (C=O) groups excluding carboxylic acids is 2. The molecule has 1 aromatic rings. The number of carboxylic acids is 2. The summed E-state index contributed by atoms with van der Waals surface area (Å²) in [5.41, 5.74) is 0.675. The van der Waals surface area contributed by atoms with Gasteiger partial charge in [0.05, 0.1) is 13.2 Å². The second kappa shape index (κ2) is 24.9. The van der Waals surface area contributed by atoms with Crippen LogP contribution in [0.5, 0.6) is 5.75 Å². The van der Waals surface area contributed by atoms with Crippen LogP contribution in [0.15, 0.2) is 24.3 Å². The van der Waals surface area contributed by atoms with Gasteiger partial charge in [0.15, 0.2) is 43.3 Å². The molecule has 37 nitrogen and oxygen atoms in total. The van der Waals surface area contributed by atoms with Crippen molar-refractivity contribution in [3.63, 3.8) is 0 Å². The van der Waals surface area contributed by atoms with Crippen molar-refractivity contribution in [1.82, 2.24) is 10.6 Å². The van der Waals surface area contributed by atoms with E-state index >= 15 is 0 Å². The minimum Gasteiger partial charge on any atom is -0.479 e. The number of aliphatic hydroxyl groups is 5. The van der Waals surface area contributed by atoms with Gasteiger partial charge >= 0.3 is 53.5 Å². The van der Waals surface area contributed by atoms with Gasteiger partial charge in [0.2, 0.25) is 18.1 Å². The van der Waals surface area contributed by atoms with Crippen LogP contribution in [0.25, 0.3) is 0 Å². The molecule has 5 rings (SSSR count). The number of aliphatic hydroxyl groups excluding tert-OH is 5. The molecule has 0 aromatic heterocycles. The molecule has 4 saturated heterocycles. The number of amides is 2. The largest absolute Gasteiger partial charge is 0.479 e. The van der Waals surface area contributed by atoms with Crippen molar-refractivity contribution in [3.05, 3.63) is 29.8 Å². The highest BCUT2D eigenvalue weighted by molar-refractivity contribution is 7.81. The van der Waals surface area contributed by atoms with Gasteiger partial charge in [-0.2, -0.15) is 33.7 Å². The average molecular weight is 1190 g/mol. The van der Waals surface area contributed by atoms with Crippen LogP contribution in [0.4, 0.5) is 0 Å². The van der Waals surface area contributed by atoms with Gasteiger partial charge in [-0.25, -0.2) is 26.3 Å². The SMILES string of the molecule is CC(=O)NC1[C@@H](O[C@@H]2C(C(=O)O)O[C@@H](O[C@@H]3C(COS(=O)(=O)O)O[C@@H](O[C@@H]4C(C(=O)O)O[C@@H](Oc5ccc(C)cc5)C(OS(=O)(=O)O)[C@H]4O)C(NC(C)=O)[C@H]3O)C(OS(=O)(=O)O)[C@H]2O)OC(COS(=O)(=O)O)[C@@H](O)[C@@H]1O. The van der Waals surface area contributed by atoms with Gasteiger partial charge in [0.1, 0.15) is 78.9 Å². The Morgan fingerprint density at radius 3 is 1.32 bits per heavy atom. The Kier molecular flexibility index (Phi) is 20.6. The molecule has 0 bridgehead atoms. The molecule has 0 aliphatic carbocycles. The third-order valence-corrected chi connectivity index (χ3v) is 12.8. The molecule has 434 valence electrons. The zero-order chi connectivity index (χ0) is 57.2. The Morgan fingerprint density at radius 2 is 0.895 bits per heavy atom. The van der Waals surface area contributed by atoms with E-state index in [4.69, 9.17) is 42.4 Å². The zero-order valence-corrected chi connectivity index (χ0v) is 41.9. The molecule has 41 heteroatoms. The smallest absolute Gasteiger partial charge is 0.397 e. The third kappa shape index (κ3) is 17.0. The maximum atomic E-state index is 12.8. The highest BCUT2D eigenvalue weighted by atomic mass is 32.3. The first-order valence-corrected chi connectivity index (χ1v) is 26.7. The molecule has 1 aromatic carbocycles. The molecular formula is C35H50N2O35S4. The Bertz CT molecular complexity index is 2680. The number of hydrogen-bond acceptors (Lipinski definition) is 29. The fourth-order valence-corrected chi connectivity index (χ4v) is 9.45. The molecule has 4 fully saturated rings. The first kappa shape index (κ1) is 62.7. The lowest BCUT2D eigenvalue weighted by Crippen LogP contribution is -2.71. The predicted molar refractivity (Wildman–Crippen MR) is 229 cm³/mol. The highest BCUT2D eigenvalue weighted by Crippen LogP contribution is 2.37. The predicted octanol–water partition coefficient (Wildman–Crippen LogP) is -7.57. The lowest BCUT2D eigenvalue weighted by molar-refractivity contribution is -0.366. The number of ether oxygens (including phenoxy) is 8. The van der Waals surface area contributed by atoms with E-state index in [1.807, 2.05) is 0 Å². The van der Waals surface area contributed by atoms with E-state index in [0.29, 0.717) is 5.56 Å². The molecule has 13 N–H and O–H groups in total. The van der Waals surface area contributed by atoms with Crippen LogP contribution in [0, 0.1) is 6.92 Å². The summed E-state index contributed by atoms with van der Waals surface area (Å²) in [5.74, 6) is -6.50. The van der Waals surface area contributed by atoms with Crippen LogP contribution in [-0.4, -0.2) is 247 Å². The first-order chi connectivity index (χ1) is 34.9. The van der Waals surface area contributed by atoms with E-state index in [1.165, 1.54) is 24.3 Å². The number of rotatable bonds is 22. The number of carboxylic acid groups (broad SMARTS) is 2. The van der Waals surface area contributed by atoms with Crippen LogP contribution in [0.3, 0.4) is 0 Å². The number of hydrogen-bond donors (Lipinski definition) is 13. The lowest BCUT2D eigenvalue weighted by Gasteiger charge is -2.50. The van der Waals surface area contributed by atoms with E-state index in [-0.39, 0.29) is 5.75 Å². The van der Waals surface area contributed by atoms with Gasteiger partial charge in [-0.15, -0.1) is 0 Å². The molecule has 4 heterocycles. The Hall–Kier alpha value is -4.10. The van der Waals surface area contributed by atoms with E-state index in [9.17, 15) is 102 Å². The monoisotopic (exact) mass is 1190 g/mol. The maximum absolute atomic E-state index is 12.8. The van der Waals surface area contributed by atoms with Gasteiger partial charge in [-0.1, -0.05) is 17.7 Å². The summed E-state index contributed by atoms with van der Waals surface area (Å²) in [5, 5.41) is 81.2. The summed E-state index contributed by atoms with van der Waals surface area (Å²) in [6.45, 7) is 0.375. The number of carbonyl (C=O) groups is 4. The van der Waals surface area contributed by atoms with Gasteiger partial charge in [0, 0.05) is 13.8 Å². The Morgan fingerprint density at radius 1 is 0.500 bits per heavy atom. The number of aryl methyl sites for hydroxylation is 1. The molecule has 4 aliphatic heterocycles. The molecule has 4 aliphatic rings. The molecule has 76 heavy (non-hydrogen) atoms. The Labute approximate surface area is 428 Å². The Balaban J connectivity index is 1.53. The highest BCUT2D eigenvalue weighted by Gasteiger charge is 2.59. The fourth-order valence-electron chi connectivity index (χ4n) is 7.87. The molecule has 0 radical (unpaired) electrons. The summed E-state index contributed by atoms with van der Waals surface area (Å²) in [6.07, 6.45) is -45.2. The molecule has 0 saturated carbocycles. The van der Waals surface area contributed by atoms with Crippen molar-refractivity contribution in [3.8, 4) is 5.75 Å². The van der Waals surface area contributed by atoms with E-state index in [2.05, 4.69) is 27.4 Å². The normalized spacial score (nSPS) is 36.6. The molecule has 2 amide bonds. The molecule has 20 atom stereocenters. The van der Waals surface area contributed by atoms with Crippen LogP contribution in [0.1, 0.15) is 19.4 Å². The van der Waals surface area contributed by atoms with Crippen LogP contribution in [-0.2, 0) is 111 Å². The van der Waals surface area contributed by atoms with Crippen molar-refractivity contribution in [2.45, 2.75) is 143 Å². The maximum Gasteiger partial charge on any atom is 0.397 e. The number of benzene rings is 1. The second-order valence-corrected chi connectivity index (χ2v) is 20.9. The van der Waals surface area contributed by atoms with Crippen molar-refractivity contribution in [2.75, 3.05) is 13.2 Å². The molecule has 0 spiro atoms. The summed E-state index contributed by atoms with van der Waals surface area (Å²) in [7, 11) is -22.4. The van der Waals surface area contributed by atoms with Gasteiger partial charge < -0.3 is 84.3 Å². The standard InChI is InChI=1S/C35H50N2O35S4/c1-10-4-6-13(7-5-10)63-34-26(71-75(55,56)57)21(43)24(28(69-34)30(45)46)68-33-17(37-12(3)39)20(42)23(15(65-33)9-62-74(52,53)54)66-35-27(72-76(58,59)60)22(44)25(29(70-35)31(47)48)67-32-16(36-11(2)38)19(41)18(40)14(64-32)8-61-73(49,50)51/h4-7,14-29,32-35,40-44H,8-9H2,1-3H3,(H,36,38)(H,37,39)(H,45,46)(H,47,48)(H,49,50,51)(H,52,53,54)(H,55,56,57)(H,58,59,60)/t14?,15?,16?,17?,18-,19-,20-,21+,22+,23-,24+,25+,26?,27?,28?,29?,32-,33+,34-,35-/m1/s1. The zero-order valence-electron chi connectivity index (χ0n) is 38.6. The van der Waals surface area contributed by atoms with Gasteiger partial charge in [-0.3, -0.25) is 27.8 Å². The quantitative estimate of drug-likeness (QED) is 0.0480. The third-order valence-electron chi connectivity index (χ3n) is 11.0. The van der Waals surface area contributed by atoms with E-state index in [0.717, 1.165) is 13.8 Å². The van der Waals surface area contributed by atoms with E-state index < -0.39 is 201 Å². The summed E-state index contributed by atoms with van der Waals surface area (Å²) in [6, 6.07) is 1.28. The number of aliphatic carboxylic acids is 2.